The highest BCUT2D eigenvalue weighted by atomic mass is 15.2. The van der Waals surface area contributed by atoms with Crippen LogP contribution >= 0.6 is 0 Å². The average molecular weight is 252 g/mol. The van der Waals surface area contributed by atoms with E-state index in [1.165, 1.54) is 64.5 Å². The number of hydrogen-bond acceptors (Lipinski definition) is 2. The molecule has 2 saturated carbocycles. The molecule has 0 amide bonds. The van der Waals surface area contributed by atoms with Gasteiger partial charge in [-0.05, 0) is 62.9 Å². The topological polar surface area (TPSA) is 29.3 Å². The lowest BCUT2D eigenvalue weighted by atomic mass is 9.99. The van der Waals surface area contributed by atoms with E-state index in [1.54, 1.807) is 0 Å². The molecule has 0 spiro atoms. The summed E-state index contributed by atoms with van der Waals surface area (Å²) in [5.41, 5.74) is 6.41. The van der Waals surface area contributed by atoms with Gasteiger partial charge in [0.2, 0.25) is 0 Å². The molecule has 2 aliphatic rings. The van der Waals surface area contributed by atoms with Crippen molar-refractivity contribution in [2.45, 2.75) is 71.3 Å². The zero-order chi connectivity index (χ0) is 13.0. The molecule has 106 valence electrons. The number of nitrogens with two attached hydrogens (primary N) is 1. The summed E-state index contributed by atoms with van der Waals surface area (Å²) in [6, 6.07) is 0.888. The third-order valence-corrected chi connectivity index (χ3v) is 5.01. The highest BCUT2D eigenvalue weighted by Gasteiger charge is 2.43. The fourth-order valence-electron chi connectivity index (χ4n) is 3.49. The maximum absolute atomic E-state index is 5.79. The second-order valence-electron chi connectivity index (χ2n) is 7.13. The van der Waals surface area contributed by atoms with Gasteiger partial charge in [0.05, 0.1) is 0 Å². The molecular weight excluding hydrogens is 220 g/mol. The van der Waals surface area contributed by atoms with Crippen molar-refractivity contribution in [3.63, 3.8) is 0 Å². The first-order valence-corrected chi connectivity index (χ1v) is 8.09. The first kappa shape index (κ1) is 14.3. The van der Waals surface area contributed by atoms with Crippen LogP contribution in [0.2, 0.25) is 0 Å². The molecule has 0 aliphatic heterocycles. The van der Waals surface area contributed by atoms with E-state index >= 15 is 0 Å². The van der Waals surface area contributed by atoms with Gasteiger partial charge in [-0.15, -0.1) is 0 Å². The molecule has 0 saturated heterocycles. The molecule has 0 atom stereocenters. The lowest BCUT2D eigenvalue weighted by molar-refractivity contribution is 0.148. The summed E-state index contributed by atoms with van der Waals surface area (Å²) in [5.74, 6) is 0.832. The van der Waals surface area contributed by atoms with E-state index in [0.29, 0.717) is 5.41 Å². The van der Waals surface area contributed by atoms with Crippen molar-refractivity contribution in [2.24, 2.45) is 17.1 Å². The third-order valence-electron chi connectivity index (χ3n) is 5.01. The van der Waals surface area contributed by atoms with Gasteiger partial charge in [0.15, 0.2) is 0 Å². The highest BCUT2D eigenvalue weighted by Crippen LogP contribution is 2.49. The number of hydrogen-bond donors (Lipinski definition) is 1. The normalized spacial score (nSPS) is 23.2. The third kappa shape index (κ3) is 3.96. The Labute approximate surface area is 113 Å². The Kier molecular flexibility index (Phi) is 5.08. The molecular formula is C16H32N2. The van der Waals surface area contributed by atoms with Gasteiger partial charge in [0.1, 0.15) is 0 Å². The zero-order valence-corrected chi connectivity index (χ0v) is 12.5. The smallest absolute Gasteiger partial charge is 0.00954 e. The van der Waals surface area contributed by atoms with Gasteiger partial charge < -0.3 is 5.73 Å². The van der Waals surface area contributed by atoms with E-state index in [9.17, 15) is 0 Å². The van der Waals surface area contributed by atoms with Crippen molar-refractivity contribution in [1.82, 2.24) is 4.90 Å². The summed E-state index contributed by atoms with van der Waals surface area (Å²) in [4.78, 5) is 2.83. The van der Waals surface area contributed by atoms with Crippen molar-refractivity contribution in [3.8, 4) is 0 Å². The quantitative estimate of drug-likeness (QED) is 0.717. The SMILES string of the molecule is CC(C)CCN(CC1(CCN)CC1)C1CCCC1. The van der Waals surface area contributed by atoms with Crippen molar-refractivity contribution >= 4 is 0 Å². The maximum Gasteiger partial charge on any atom is 0.00954 e. The number of nitrogens with zero attached hydrogens (tertiary/aromatic N) is 1. The first-order chi connectivity index (χ1) is 8.65. The molecule has 0 aromatic heterocycles. The Morgan fingerprint density at radius 3 is 2.39 bits per heavy atom. The Bertz CT molecular complexity index is 239. The Hall–Kier alpha value is -0.0800. The summed E-state index contributed by atoms with van der Waals surface area (Å²) in [6.07, 6.45) is 11.2. The Morgan fingerprint density at radius 2 is 1.89 bits per heavy atom. The Morgan fingerprint density at radius 1 is 1.22 bits per heavy atom. The van der Waals surface area contributed by atoms with Crippen LogP contribution in [0.3, 0.4) is 0 Å². The van der Waals surface area contributed by atoms with Crippen LogP contribution < -0.4 is 5.73 Å². The van der Waals surface area contributed by atoms with Crippen LogP contribution in [-0.4, -0.2) is 30.6 Å². The van der Waals surface area contributed by atoms with Crippen LogP contribution in [0, 0.1) is 11.3 Å². The summed E-state index contributed by atoms with van der Waals surface area (Å²) in [6.45, 7) is 8.22. The second kappa shape index (κ2) is 6.38. The van der Waals surface area contributed by atoms with Gasteiger partial charge >= 0.3 is 0 Å². The molecule has 0 aromatic carbocycles. The van der Waals surface area contributed by atoms with Crippen LogP contribution in [-0.2, 0) is 0 Å². The largest absolute Gasteiger partial charge is 0.330 e. The van der Waals surface area contributed by atoms with Crippen molar-refractivity contribution in [1.29, 1.82) is 0 Å². The number of rotatable bonds is 8. The molecule has 2 N–H and O–H groups in total. The minimum absolute atomic E-state index is 0.619. The maximum atomic E-state index is 5.79. The van der Waals surface area contributed by atoms with Gasteiger partial charge in [0.25, 0.3) is 0 Å². The molecule has 2 aliphatic carbocycles. The average Bonchev–Trinajstić information content (AvgIpc) is 2.89. The van der Waals surface area contributed by atoms with E-state index in [1.807, 2.05) is 0 Å². The minimum Gasteiger partial charge on any atom is -0.330 e. The van der Waals surface area contributed by atoms with Gasteiger partial charge in [0, 0.05) is 12.6 Å². The van der Waals surface area contributed by atoms with Gasteiger partial charge in [-0.25, -0.2) is 0 Å². The predicted octanol–water partition coefficient (Wildman–Crippen LogP) is 3.41. The van der Waals surface area contributed by atoms with Crippen LogP contribution in [0.15, 0.2) is 0 Å². The molecule has 0 heterocycles. The van der Waals surface area contributed by atoms with E-state index in [4.69, 9.17) is 5.73 Å². The van der Waals surface area contributed by atoms with E-state index in [0.717, 1.165) is 18.5 Å². The lowest BCUT2D eigenvalue weighted by Gasteiger charge is -2.33. The van der Waals surface area contributed by atoms with Gasteiger partial charge in [-0.3, -0.25) is 4.90 Å². The van der Waals surface area contributed by atoms with Gasteiger partial charge in [-0.2, -0.15) is 0 Å². The molecule has 18 heavy (non-hydrogen) atoms. The molecule has 2 heteroatoms. The highest BCUT2D eigenvalue weighted by molar-refractivity contribution is 4.97. The van der Waals surface area contributed by atoms with Crippen LogP contribution in [0.1, 0.15) is 65.2 Å². The monoisotopic (exact) mass is 252 g/mol. The molecule has 0 radical (unpaired) electrons. The molecule has 2 rings (SSSR count). The van der Waals surface area contributed by atoms with Crippen LogP contribution in [0.25, 0.3) is 0 Å². The minimum atomic E-state index is 0.619. The molecule has 2 fully saturated rings. The van der Waals surface area contributed by atoms with Crippen molar-refractivity contribution < 1.29 is 0 Å². The second-order valence-corrected chi connectivity index (χ2v) is 7.13. The van der Waals surface area contributed by atoms with Crippen LogP contribution in [0.4, 0.5) is 0 Å². The summed E-state index contributed by atoms with van der Waals surface area (Å²) >= 11 is 0. The fourth-order valence-corrected chi connectivity index (χ4v) is 3.49. The molecule has 2 nitrogen and oxygen atoms in total. The fraction of sp³-hybridized carbons (Fsp3) is 1.00. The van der Waals surface area contributed by atoms with Crippen LogP contribution in [0.5, 0.6) is 0 Å². The molecule has 0 bridgehead atoms. The molecule has 0 aromatic rings. The Balaban J connectivity index is 1.87. The summed E-state index contributed by atoms with van der Waals surface area (Å²) in [5, 5.41) is 0. The molecule has 0 unspecified atom stereocenters. The van der Waals surface area contributed by atoms with E-state index < -0.39 is 0 Å². The zero-order valence-electron chi connectivity index (χ0n) is 12.5. The first-order valence-electron chi connectivity index (χ1n) is 8.09. The van der Waals surface area contributed by atoms with E-state index in [-0.39, 0.29) is 0 Å². The van der Waals surface area contributed by atoms with Gasteiger partial charge in [-0.1, -0.05) is 26.7 Å². The van der Waals surface area contributed by atoms with Crippen molar-refractivity contribution in [3.05, 3.63) is 0 Å². The standard InChI is InChI=1S/C16H32N2/c1-14(2)7-12-18(15-5-3-4-6-15)13-16(8-9-16)10-11-17/h14-15H,3-13,17H2,1-2H3. The van der Waals surface area contributed by atoms with Crippen molar-refractivity contribution in [2.75, 3.05) is 19.6 Å². The predicted molar refractivity (Wildman–Crippen MR) is 78.6 cm³/mol. The summed E-state index contributed by atoms with van der Waals surface area (Å²) in [7, 11) is 0. The lowest BCUT2D eigenvalue weighted by Crippen LogP contribution is -2.39. The summed E-state index contributed by atoms with van der Waals surface area (Å²) < 4.78 is 0. The van der Waals surface area contributed by atoms with E-state index in [2.05, 4.69) is 18.7 Å².